The fourth-order valence-corrected chi connectivity index (χ4v) is 4.74. The van der Waals surface area contributed by atoms with Crippen molar-refractivity contribution in [2.24, 2.45) is 10.4 Å². The van der Waals surface area contributed by atoms with E-state index < -0.39 is 0 Å². The summed E-state index contributed by atoms with van der Waals surface area (Å²) in [6.45, 7) is 7.58. The Balaban J connectivity index is 1.68. The van der Waals surface area contributed by atoms with Crippen molar-refractivity contribution in [1.29, 1.82) is 0 Å². The molecule has 6 heteroatoms. The number of alkyl halides is 1. The Morgan fingerprint density at radius 2 is 2.08 bits per heavy atom. The molecule has 0 radical (unpaired) electrons. The molecule has 2 atom stereocenters. The third-order valence-corrected chi connectivity index (χ3v) is 6.75. The van der Waals surface area contributed by atoms with E-state index in [9.17, 15) is 4.79 Å². The summed E-state index contributed by atoms with van der Waals surface area (Å²) in [7, 11) is 0. The average molecular weight is 422 g/mol. The number of rotatable bonds is 2. The van der Waals surface area contributed by atoms with Crippen LogP contribution in [0.2, 0.25) is 0 Å². The fourth-order valence-electron chi connectivity index (χ4n) is 4.30. The number of halogens is 1. The van der Waals surface area contributed by atoms with E-state index in [0.717, 1.165) is 38.2 Å². The number of hydrogen-bond donors (Lipinski definition) is 0. The summed E-state index contributed by atoms with van der Waals surface area (Å²) in [5.74, 6) is 0.993. The molecule has 4 heterocycles. The highest BCUT2D eigenvalue weighted by Crippen LogP contribution is 2.42. The summed E-state index contributed by atoms with van der Waals surface area (Å²) >= 11 is 3.69. The maximum absolute atomic E-state index is 13.3. The Kier molecular flexibility index (Phi) is 4.99. The summed E-state index contributed by atoms with van der Waals surface area (Å²) in [5.41, 5.74) is 1.76. The lowest BCUT2D eigenvalue weighted by atomic mass is 9.82. The second kappa shape index (κ2) is 7.12. The zero-order chi connectivity index (χ0) is 18.3. The number of fused-ring (bicyclic) bond motifs is 1. The normalized spacial score (nSPS) is 31.1. The van der Waals surface area contributed by atoms with Gasteiger partial charge in [-0.2, -0.15) is 0 Å². The van der Waals surface area contributed by atoms with Crippen molar-refractivity contribution in [2.45, 2.75) is 56.8 Å². The van der Waals surface area contributed by atoms with Gasteiger partial charge in [-0.25, -0.2) is 4.99 Å². The highest BCUT2D eigenvalue weighted by Gasteiger charge is 2.43. The van der Waals surface area contributed by atoms with Gasteiger partial charge in [-0.1, -0.05) is 28.8 Å². The van der Waals surface area contributed by atoms with Gasteiger partial charge in [-0.3, -0.25) is 4.79 Å². The standard InChI is InChI=1S/C20H28BrN3O2/c1-14-6-4-3-5-8-23(14)19(25)16-11-17(20(2)12-26-13-20)24-9-7-15(21)10-18(24)22-16/h10-11,14-15H,3-9,12-13H2,1-2H3/t14-,15?/m1/s1. The van der Waals surface area contributed by atoms with Crippen molar-refractivity contribution in [3.05, 3.63) is 23.7 Å². The van der Waals surface area contributed by atoms with Crippen molar-refractivity contribution in [2.75, 3.05) is 26.3 Å². The Morgan fingerprint density at radius 1 is 1.27 bits per heavy atom. The molecular formula is C20H28BrN3O2. The first kappa shape index (κ1) is 18.2. The lowest BCUT2D eigenvalue weighted by Gasteiger charge is -2.47. The molecule has 4 rings (SSSR count). The molecular weight excluding hydrogens is 394 g/mol. The highest BCUT2D eigenvalue weighted by atomic mass is 79.9. The van der Waals surface area contributed by atoms with Crippen LogP contribution < -0.4 is 0 Å². The van der Waals surface area contributed by atoms with Crippen molar-refractivity contribution in [1.82, 2.24) is 9.80 Å². The van der Waals surface area contributed by atoms with Crippen LogP contribution in [0.4, 0.5) is 0 Å². The number of allylic oxidation sites excluding steroid dienone is 1. The van der Waals surface area contributed by atoms with Gasteiger partial charge in [-0.05, 0) is 45.3 Å². The predicted molar refractivity (Wildman–Crippen MR) is 106 cm³/mol. The maximum atomic E-state index is 13.3. The van der Waals surface area contributed by atoms with Gasteiger partial charge in [-0.15, -0.1) is 0 Å². The number of carbonyl (C=O) groups is 1. The number of carbonyl (C=O) groups excluding carboxylic acids is 1. The van der Waals surface area contributed by atoms with Crippen molar-refractivity contribution in [3.8, 4) is 0 Å². The van der Waals surface area contributed by atoms with Gasteiger partial charge < -0.3 is 14.5 Å². The molecule has 2 fully saturated rings. The number of amides is 1. The number of nitrogens with zero attached hydrogens (tertiary/aromatic N) is 3. The molecule has 1 amide bonds. The quantitative estimate of drug-likeness (QED) is 0.641. The Labute approximate surface area is 164 Å². The minimum absolute atomic E-state index is 0.0237. The Morgan fingerprint density at radius 3 is 2.81 bits per heavy atom. The van der Waals surface area contributed by atoms with Crippen molar-refractivity contribution >= 4 is 27.5 Å². The first-order chi connectivity index (χ1) is 12.5. The largest absolute Gasteiger partial charge is 0.379 e. The molecule has 142 valence electrons. The highest BCUT2D eigenvalue weighted by molar-refractivity contribution is 9.09. The third kappa shape index (κ3) is 3.26. The summed E-state index contributed by atoms with van der Waals surface area (Å²) in [5, 5.41) is 0. The number of ether oxygens (including phenoxy) is 1. The molecule has 4 aliphatic heterocycles. The van der Waals surface area contributed by atoms with Crippen molar-refractivity contribution in [3.63, 3.8) is 0 Å². The molecule has 1 unspecified atom stereocenters. The molecule has 5 nitrogen and oxygen atoms in total. The first-order valence-corrected chi connectivity index (χ1v) is 10.7. The SMILES string of the molecule is C[C@@H]1CCCCCN1C(=O)C1=NC2=CC(Br)CCN2C(C2(C)COC2)=C1. The molecule has 0 aromatic rings. The van der Waals surface area contributed by atoms with Gasteiger partial charge >= 0.3 is 0 Å². The van der Waals surface area contributed by atoms with Crippen LogP contribution >= 0.6 is 15.9 Å². The van der Waals surface area contributed by atoms with E-state index in [2.05, 4.69) is 40.8 Å². The topological polar surface area (TPSA) is 45.1 Å². The zero-order valence-electron chi connectivity index (χ0n) is 15.7. The lowest BCUT2D eigenvalue weighted by molar-refractivity contribution is -0.125. The summed E-state index contributed by atoms with van der Waals surface area (Å²) in [6, 6.07) is 0.287. The zero-order valence-corrected chi connectivity index (χ0v) is 17.3. The molecule has 0 saturated carbocycles. The van der Waals surface area contributed by atoms with Crippen LogP contribution in [-0.4, -0.2) is 58.6 Å². The molecule has 0 bridgehead atoms. The van der Waals surface area contributed by atoms with Crippen LogP contribution in [-0.2, 0) is 9.53 Å². The number of hydrogen-bond acceptors (Lipinski definition) is 4. The van der Waals surface area contributed by atoms with Crippen LogP contribution in [0, 0.1) is 5.41 Å². The van der Waals surface area contributed by atoms with E-state index in [-0.39, 0.29) is 17.4 Å². The minimum atomic E-state index is -0.0237. The minimum Gasteiger partial charge on any atom is -0.379 e. The predicted octanol–water partition coefficient (Wildman–Crippen LogP) is 3.46. The summed E-state index contributed by atoms with van der Waals surface area (Å²) < 4.78 is 5.51. The second-order valence-corrected chi connectivity index (χ2v) is 9.43. The van der Waals surface area contributed by atoms with Crippen LogP contribution in [0.1, 0.15) is 46.0 Å². The summed E-state index contributed by atoms with van der Waals surface area (Å²) in [6.07, 6.45) is 9.80. The molecule has 0 aromatic carbocycles. The van der Waals surface area contributed by atoms with E-state index in [4.69, 9.17) is 9.73 Å². The number of likely N-dealkylation sites (tertiary alicyclic amines) is 1. The van der Waals surface area contributed by atoms with Crippen LogP contribution in [0.15, 0.2) is 28.7 Å². The van der Waals surface area contributed by atoms with Crippen molar-refractivity contribution < 1.29 is 9.53 Å². The van der Waals surface area contributed by atoms with Gasteiger partial charge in [0, 0.05) is 29.7 Å². The average Bonchev–Trinajstić information content (AvgIpc) is 2.82. The monoisotopic (exact) mass is 421 g/mol. The molecule has 0 aromatic heterocycles. The molecule has 26 heavy (non-hydrogen) atoms. The van der Waals surface area contributed by atoms with Gasteiger partial charge in [0.05, 0.1) is 18.6 Å². The Bertz CT molecular complexity index is 681. The Hall–Kier alpha value is -1.14. The van der Waals surface area contributed by atoms with Crippen LogP contribution in [0.5, 0.6) is 0 Å². The first-order valence-electron chi connectivity index (χ1n) is 9.81. The maximum Gasteiger partial charge on any atom is 0.272 e. The van der Waals surface area contributed by atoms with Crippen LogP contribution in [0.25, 0.3) is 0 Å². The van der Waals surface area contributed by atoms with Crippen LogP contribution in [0.3, 0.4) is 0 Å². The second-order valence-electron chi connectivity index (χ2n) is 8.26. The van der Waals surface area contributed by atoms with Gasteiger partial charge in [0.1, 0.15) is 11.5 Å². The molecule has 0 aliphatic carbocycles. The van der Waals surface area contributed by atoms with E-state index >= 15 is 0 Å². The number of aliphatic imine (C=N–C) groups is 1. The van der Waals surface area contributed by atoms with E-state index in [1.165, 1.54) is 18.5 Å². The van der Waals surface area contributed by atoms with E-state index in [1.54, 1.807) is 0 Å². The third-order valence-electron chi connectivity index (χ3n) is 6.03. The molecule has 0 N–H and O–H groups in total. The van der Waals surface area contributed by atoms with Gasteiger partial charge in [0.25, 0.3) is 5.91 Å². The van der Waals surface area contributed by atoms with E-state index in [0.29, 0.717) is 23.8 Å². The van der Waals surface area contributed by atoms with Gasteiger partial charge in [0.2, 0.25) is 0 Å². The molecule has 0 spiro atoms. The lowest BCUT2D eigenvalue weighted by Crippen LogP contribution is -2.50. The smallest absolute Gasteiger partial charge is 0.272 e. The summed E-state index contributed by atoms with van der Waals surface area (Å²) in [4.78, 5) is 22.7. The molecule has 4 aliphatic rings. The molecule has 2 saturated heterocycles. The fraction of sp³-hybridized carbons (Fsp3) is 0.700. The van der Waals surface area contributed by atoms with E-state index in [1.807, 2.05) is 11.0 Å². The van der Waals surface area contributed by atoms with Gasteiger partial charge in [0.15, 0.2) is 0 Å².